The molecule has 8 aromatic carbocycles. The highest BCUT2D eigenvalue weighted by molar-refractivity contribution is 6.08. The van der Waals surface area contributed by atoms with E-state index in [1.165, 1.54) is 200 Å². The molecule has 85 heavy (non-hydrogen) atoms. The van der Waals surface area contributed by atoms with Gasteiger partial charge in [-0.1, -0.05) is 290 Å². The molecular weight excluding hydrogens is 1020 g/mol. The summed E-state index contributed by atoms with van der Waals surface area (Å²) in [5.41, 5.74) is 28.1. The summed E-state index contributed by atoms with van der Waals surface area (Å²) in [5, 5.41) is 5.42. The van der Waals surface area contributed by atoms with Gasteiger partial charge in [0.25, 0.3) is 0 Å². The third-order valence-corrected chi connectivity index (χ3v) is 20.4. The maximum absolute atomic E-state index is 3.48. The molecule has 0 nitrogen and oxygen atoms in total. The smallest absolute Gasteiger partial charge is 0.0713 e. The number of rotatable bonds is 19. The van der Waals surface area contributed by atoms with Crippen LogP contribution in [0.5, 0.6) is 0 Å². The molecular formula is C85H104. The molecule has 1 atom stereocenters. The van der Waals surface area contributed by atoms with Crippen LogP contribution < -0.4 is 0 Å². The molecule has 0 fully saturated rings. The Kier molecular flexibility index (Phi) is 17.6. The molecule has 0 heterocycles. The minimum Gasteiger partial charge on any atom is -0.129 e. The lowest BCUT2D eigenvalue weighted by Gasteiger charge is -2.36. The van der Waals surface area contributed by atoms with E-state index in [2.05, 4.69) is 263 Å². The van der Waals surface area contributed by atoms with Gasteiger partial charge in [-0.3, -0.25) is 0 Å². The molecule has 0 spiro atoms. The fraction of sp³-hybridized carbons (Fsp3) is 0.447. The Hall–Kier alpha value is -6.20. The van der Waals surface area contributed by atoms with Crippen LogP contribution in [0.1, 0.15) is 273 Å². The Labute approximate surface area is 516 Å². The minimum absolute atomic E-state index is 0.0263. The van der Waals surface area contributed by atoms with E-state index in [0.717, 1.165) is 0 Å². The Morgan fingerprint density at radius 2 is 0.824 bits per heavy atom. The first kappa shape index (κ1) is 61.9. The highest BCUT2D eigenvalue weighted by atomic mass is 14.5. The van der Waals surface area contributed by atoms with E-state index >= 15 is 0 Å². The summed E-state index contributed by atoms with van der Waals surface area (Å²) in [6, 6.07) is 55.3. The van der Waals surface area contributed by atoms with E-state index < -0.39 is 5.41 Å². The molecule has 10 rings (SSSR count). The van der Waals surface area contributed by atoms with Gasteiger partial charge < -0.3 is 0 Å². The molecule has 2 aliphatic rings. The van der Waals surface area contributed by atoms with Crippen molar-refractivity contribution in [3.05, 3.63) is 218 Å². The first-order valence-corrected chi connectivity index (χ1v) is 33.5. The van der Waals surface area contributed by atoms with Gasteiger partial charge in [0.2, 0.25) is 0 Å². The second kappa shape index (κ2) is 24.2. The second-order valence-corrected chi connectivity index (χ2v) is 30.5. The number of hydrogen-bond donors (Lipinski definition) is 0. The highest BCUT2D eigenvalue weighted by Gasteiger charge is 2.50. The molecule has 0 radical (unpaired) electrons. The van der Waals surface area contributed by atoms with E-state index in [4.69, 9.17) is 0 Å². The predicted molar refractivity (Wildman–Crippen MR) is 373 cm³/mol. The minimum atomic E-state index is -0.544. The van der Waals surface area contributed by atoms with Gasteiger partial charge in [0, 0.05) is 11.3 Å². The summed E-state index contributed by atoms with van der Waals surface area (Å²) >= 11 is 0. The van der Waals surface area contributed by atoms with Gasteiger partial charge in [0.05, 0.1) is 5.41 Å². The van der Waals surface area contributed by atoms with Crippen molar-refractivity contribution in [1.29, 1.82) is 0 Å². The number of unbranched alkanes of at least 4 members (excludes halogenated alkanes) is 10. The lowest BCUT2D eigenvalue weighted by atomic mass is 9.65. The molecule has 0 aromatic heterocycles. The first-order valence-electron chi connectivity index (χ1n) is 33.5. The van der Waals surface area contributed by atoms with Gasteiger partial charge >= 0.3 is 0 Å². The van der Waals surface area contributed by atoms with Crippen LogP contribution in [0.2, 0.25) is 0 Å². The zero-order chi connectivity index (χ0) is 60.9. The van der Waals surface area contributed by atoms with Crippen LogP contribution in [-0.2, 0) is 32.5 Å². The third-order valence-electron chi connectivity index (χ3n) is 20.4. The summed E-state index contributed by atoms with van der Waals surface area (Å²) in [4.78, 5) is 0. The molecule has 0 aliphatic heterocycles. The number of benzene rings is 8. The number of allylic oxidation sites excluding steroid dienone is 1. The number of aryl methyl sites for hydroxylation is 1. The summed E-state index contributed by atoms with van der Waals surface area (Å²) in [7, 11) is 0. The number of hydrogen-bond acceptors (Lipinski definition) is 0. The Balaban J connectivity index is 1.24. The molecule has 1 unspecified atom stereocenters. The van der Waals surface area contributed by atoms with E-state index in [9.17, 15) is 0 Å². The van der Waals surface area contributed by atoms with Gasteiger partial charge in [-0.05, 0) is 206 Å². The van der Waals surface area contributed by atoms with Crippen LogP contribution in [0.3, 0.4) is 0 Å². The maximum Gasteiger partial charge on any atom is 0.0713 e. The standard InChI is InChI=1S/C85H104/c1-18-21-24-26-28-30-49-84(50-31-29-27-25-22-19-2)75-52-60(59-34-46-70-71(51-59)58(5)67-47-43-65(82(12,13)14)53-74(67)79(70)57(4)32-23-20-3)33-45-68(75)72-56-78-73(55-76(72)84)69-48-44-66(83(15,16)17)54-77(69)85(78,63-39-35-61(36-40-63)80(6,7)8)64-41-37-62(38-42-64)81(9,10)11/h20,32-48,51-57H,18-19,21-22,24-31,49-50H2,1-17H3. The summed E-state index contributed by atoms with van der Waals surface area (Å²) in [6.07, 6.45) is 22.1. The topological polar surface area (TPSA) is 0 Å². The predicted octanol–water partition coefficient (Wildman–Crippen LogP) is 25.1. The lowest BCUT2D eigenvalue weighted by molar-refractivity contribution is 0.398. The normalized spacial score (nSPS) is 14.7. The largest absolute Gasteiger partial charge is 0.129 e. The SMILES string of the molecule is CC=C=CC(C)c1c2ccc(-c3ccc4c(c3)C(CCCCCCCC)(CCCCCCCC)c3cc5c(cc3-4)C(c3ccc(C(C)(C)C)cc3)(c3ccc(C(C)(C)C)cc3)c3cc(C(C)(C)C)ccc3-5)cc2c(C)c2ccc(C(C)(C)C)cc12. The van der Waals surface area contributed by atoms with Crippen molar-refractivity contribution in [3.8, 4) is 33.4 Å². The molecule has 0 saturated carbocycles. The van der Waals surface area contributed by atoms with Crippen LogP contribution in [-0.4, -0.2) is 0 Å². The molecule has 8 aromatic rings. The van der Waals surface area contributed by atoms with Crippen LogP contribution in [0, 0.1) is 6.92 Å². The van der Waals surface area contributed by atoms with Crippen molar-refractivity contribution in [1.82, 2.24) is 0 Å². The van der Waals surface area contributed by atoms with E-state index in [0.29, 0.717) is 0 Å². The van der Waals surface area contributed by atoms with Gasteiger partial charge in [-0.15, -0.1) is 5.73 Å². The fourth-order valence-corrected chi connectivity index (χ4v) is 15.2. The molecule has 2 aliphatic carbocycles. The second-order valence-electron chi connectivity index (χ2n) is 30.5. The third kappa shape index (κ3) is 11.7. The van der Waals surface area contributed by atoms with Crippen molar-refractivity contribution < 1.29 is 0 Å². The molecule has 0 heteroatoms. The Morgan fingerprint density at radius 1 is 0.400 bits per heavy atom. The van der Waals surface area contributed by atoms with Crippen LogP contribution >= 0.6 is 0 Å². The van der Waals surface area contributed by atoms with E-state index in [-0.39, 0.29) is 33.0 Å². The van der Waals surface area contributed by atoms with Crippen LogP contribution in [0.15, 0.2) is 151 Å². The average molecular weight is 1130 g/mol. The first-order chi connectivity index (χ1) is 40.4. The summed E-state index contributed by atoms with van der Waals surface area (Å²) in [5.74, 6) is 0.199. The van der Waals surface area contributed by atoms with Gasteiger partial charge in [0.1, 0.15) is 0 Å². The molecule has 444 valence electrons. The monoisotopic (exact) mass is 1120 g/mol. The zero-order valence-corrected chi connectivity index (χ0v) is 55.8. The maximum atomic E-state index is 3.48. The fourth-order valence-electron chi connectivity index (χ4n) is 15.2. The Bertz CT molecular complexity index is 3700. The van der Waals surface area contributed by atoms with Gasteiger partial charge in [-0.25, -0.2) is 0 Å². The molecule has 0 amide bonds. The van der Waals surface area contributed by atoms with Crippen molar-refractivity contribution in [2.24, 2.45) is 0 Å². The van der Waals surface area contributed by atoms with E-state index in [1.54, 1.807) is 11.1 Å². The Morgan fingerprint density at radius 3 is 1.38 bits per heavy atom. The van der Waals surface area contributed by atoms with Crippen molar-refractivity contribution in [2.75, 3.05) is 0 Å². The van der Waals surface area contributed by atoms with Gasteiger partial charge in [0.15, 0.2) is 0 Å². The summed E-state index contributed by atoms with van der Waals surface area (Å²) in [6.45, 7) is 39.7. The highest BCUT2D eigenvalue weighted by Crippen LogP contribution is 2.63. The molecule has 0 saturated heterocycles. The zero-order valence-electron chi connectivity index (χ0n) is 55.8. The van der Waals surface area contributed by atoms with Crippen LogP contribution in [0.4, 0.5) is 0 Å². The van der Waals surface area contributed by atoms with Crippen LogP contribution in [0.25, 0.3) is 54.9 Å². The van der Waals surface area contributed by atoms with Gasteiger partial charge in [-0.2, -0.15) is 0 Å². The summed E-state index contributed by atoms with van der Waals surface area (Å²) < 4.78 is 0. The average Bonchev–Trinajstić information content (AvgIpc) is 2.42. The number of fused-ring (bicyclic) bond motifs is 8. The molecule has 0 bridgehead atoms. The lowest BCUT2D eigenvalue weighted by Crippen LogP contribution is -2.30. The van der Waals surface area contributed by atoms with E-state index in [1.807, 2.05) is 6.08 Å². The van der Waals surface area contributed by atoms with Crippen molar-refractivity contribution >= 4 is 21.5 Å². The molecule has 0 N–H and O–H groups in total. The quantitative estimate of drug-likeness (QED) is 0.0430. The van der Waals surface area contributed by atoms with Crippen molar-refractivity contribution in [3.63, 3.8) is 0 Å². The van der Waals surface area contributed by atoms with Crippen molar-refractivity contribution in [2.45, 2.75) is 246 Å².